The molecule has 1 aromatic carbocycles. The highest BCUT2D eigenvalue weighted by Crippen LogP contribution is 2.10. The molecule has 0 aliphatic heterocycles. The molecule has 0 fully saturated rings. The first-order valence-electron chi connectivity index (χ1n) is 7.99. The Morgan fingerprint density at radius 2 is 1.81 bits per heavy atom. The van der Waals surface area contributed by atoms with Crippen LogP contribution in [0.2, 0.25) is 0 Å². The molecular weight excluding hydrogens is 392 g/mol. The summed E-state index contributed by atoms with van der Waals surface area (Å²) in [7, 11) is -3.80. The fourth-order valence-corrected chi connectivity index (χ4v) is 3.99. The molecule has 0 aliphatic rings. The maximum atomic E-state index is 12.5. The molecule has 1 aromatic rings. The van der Waals surface area contributed by atoms with Crippen molar-refractivity contribution in [3.05, 3.63) is 30.3 Å². The molecular formula is C16H26N4O3S3. The summed E-state index contributed by atoms with van der Waals surface area (Å²) in [5, 5.41) is 3.24. The van der Waals surface area contributed by atoms with Gasteiger partial charge in [-0.2, -0.15) is 16.5 Å². The van der Waals surface area contributed by atoms with Gasteiger partial charge >= 0.3 is 0 Å². The molecule has 0 aromatic heterocycles. The van der Waals surface area contributed by atoms with Crippen molar-refractivity contribution in [2.45, 2.75) is 43.7 Å². The van der Waals surface area contributed by atoms with Crippen molar-refractivity contribution in [2.75, 3.05) is 12.0 Å². The van der Waals surface area contributed by atoms with Crippen LogP contribution >= 0.6 is 24.0 Å². The summed E-state index contributed by atoms with van der Waals surface area (Å²) in [4.78, 5) is 12.5. The van der Waals surface area contributed by atoms with E-state index in [9.17, 15) is 13.2 Å². The number of sulfonamides is 1. The number of hydrazine groups is 1. The third kappa shape index (κ3) is 8.35. The fraction of sp³-hybridized carbons (Fsp3) is 0.500. The minimum Gasteiger partial charge on any atom is -0.357 e. The van der Waals surface area contributed by atoms with Gasteiger partial charge in [-0.15, -0.1) is 0 Å². The summed E-state index contributed by atoms with van der Waals surface area (Å²) < 4.78 is 27.4. The van der Waals surface area contributed by atoms with Crippen molar-refractivity contribution in [3.8, 4) is 0 Å². The van der Waals surface area contributed by atoms with Crippen LogP contribution in [0.3, 0.4) is 0 Å². The quantitative estimate of drug-likeness (QED) is 0.392. The van der Waals surface area contributed by atoms with E-state index in [0.717, 1.165) is 0 Å². The highest BCUT2D eigenvalue weighted by molar-refractivity contribution is 7.98. The summed E-state index contributed by atoms with van der Waals surface area (Å²) in [5.41, 5.74) is 4.80. The van der Waals surface area contributed by atoms with Gasteiger partial charge in [0.05, 0.1) is 4.90 Å². The van der Waals surface area contributed by atoms with Gasteiger partial charge in [0.25, 0.3) is 5.91 Å². The monoisotopic (exact) mass is 418 g/mol. The van der Waals surface area contributed by atoms with E-state index in [-0.39, 0.29) is 15.5 Å². The molecule has 1 amide bonds. The number of thiocarbonyl (C=S) groups is 1. The van der Waals surface area contributed by atoms with Crippen LogP contribution in [0, 0.1) is 0 Å². The van der Waals surface area contributed by atoms with E-state index < -0.39 is 22.0 Å². The molecule has 0 aliphatic carbocycles. The Kier molecular flexibility index (Phi) is 8.81. The number of nitrogens with one attached hydrogen (secondary N) is 4. The first-order valence-corrected chi connectivity index (χ1v) is 11.3. The molecule has 0 radical (unpaired) electrons. The second-order valence-electron chi connectivity index (χ2n) is 6.59. The van der Waals surface area contributed by atoms with Crippen molar-refractivity contribution >= 4 is 45.0 Å². The summed E-state index contributed by atoms with van der Waals surface area (Å²) in [6, 6.07) is 7.02. The van der Waals surface area contributed by atoms with Crippen molar-refractivity contribution < 1.29 is 13.2 Å². The van der Waals surface area contributed by atoms with Crippen molar-refractivity contribution in [3.63, 3.8) is 0 Å². The van der Waals surface area contributed by atoms with Crippen LogP contribution < -0.4 is 20.9 Å². The number of thioether (sulfide) groups is 1. The zero-order valence-electron chi connectivity index (χ0n) is 15.3. The number of hydrogen-bond acceptors (Lipinski definition) is 5. The minimum absolute atomic E-state index is 0.111. The molecule has 10 heteroatoms. The third-order valence-electron chi connectivity index (χ3n) is 3.07. The smallest absolute Gasteiger partial charge is 0.256 e. The van der Waals surface area contributed by atoms with E-state index >= 15 is 0 Å². The Balaban J connectivity index is 2.76. The zero-order valence-corrected chi connectivity index (χ0v) is 17.8. The molecule has 7 nitrogen and oxygen atoms in total. The molecule has 1 atom stereocenters. The topological polar surface area (TPSA) is 99.3 Å². The standard InChI is InChI=1S/C16H26N4O3S3/c1-16(2,3)17-15(24)19-18-14(21)13(10-11-25-4)20-26(22,23)12-8-6-5-7-9-12/h5-9,13,20H,10-11H2,1-4H3,(H,18,21)(H2,17,19,24)/t13-/m1/s1. The van der Waals surface area contributed by atoms with Gasteiger partial charge in [-0.3, -0.25) is 15.6 Å². The molecule has 4 N–H and O–H groups in total. The first kappa shape index (κ1) is 22.7. The molecule has 0 saturated heterocycles. The Hall–Kier alpha value is -1.36. The summed E-state index contributed by atoms with van der Waals surface area (Å²) in [5.74, 6) is 0.122. The predicted octanol–water partition coefficient (Wildman–Crippen LogP) is 1.38. The van der Waals surface area contributed by atoms with Gasteiger partial charge in [0, 0.05) is 5.54 Å². The van der Waals surface area contributed by atoms with Gasteiger partial charge in [0.2, 0.25) is 10.0 Å². The molecule has 0 unspecified atom stereocenters. The molecule has 146 valence electrons. The average Bonchev–Trinajstić information content (AvgIpc) is 2.55. The van der Waals surface area contributed by atoms with Crippen molar-refractivity contribution in [1.29, 1.82) is 0 Å². The van der Waals surface area contributed by atoms with Crippen LogP contribution in [0.4, 0.5) is 0 Å². The van der Waals surface area contributed by atoms with Crippen LogP contribution in [0.1, 0.15) is 27.2 Å². The van der Waals surface area contributed by atoms with Gasteiger partial charge in [0.15, 0.2) is 5.11 Å². The number of hydrogen-bond donors (Lipinski definition) is 4. The third-order valence-corrected chi connectivity index (χ3v) is 5.40. The summed E-state index contributed by atoms with van der Waals surface area (Å²) in [6.07, 6.45) is 2.24. The molecule has 1 rings (SSSR count). The zero-order chi connectivity index (χ0) is 19.8. The van der Waals surface area contributed by atoms with Gasteiger partial charge in [-0.1, -0.05) is 18.2 Å². The van der Waals surface area contributed by atoms with E-state index in [1.807, 2.05) is 27.0 Å². The van der Waals surface area contributed by atoms with Gasteiger partial charge < -0.3 is 5.32 Å². The second kappa shape index (κ2) is 10.1. The Bertz CT molecular complexity index is 703. The lowest BCUT2D eigenvalue weighted by Gasteiger charge is -2.24. The van der Waals surface area contributed by atoms with Crippen LogP contribution in [0.25, 0.3) is 0 Å². The van der Waals surface area contributed by atoms with Gasteiger partial charge in [0.1, 0.15) is 6.04 Å². The van der Waals surface area contributed by atoms with Crippen molar-refractivity contribution in [2.24, 2.45) is 0 Å². The van der Waals surface area contributed by atoms with Gasteiger partial charge in [-0.25, -0.2) is 8.42 Å². The van der Waals surface area contributed by atoms with E-state index in [4.69, 9.17) is 12.2 Å². The number of carbonyl (C=O) groups excluding carboxylic acids is 1. The fourth-order valence-electron chi connectivity index (χ4n) is 1.91. The highest BCUT2D eigenvalue weighted by atomic mass is 32.2. The minimum atomic E-state index is -3.80. The normalized spacial score (nSPS) is 12.9. The molecule has 0 heterocycles. The lowest BCUT2D eigenvalue weighted by molar-refractivity contribution is -0.123. The maximum absolute atomic E-state index is 12.5. The molecule has 0 saturated carbocycles. The summed E-state index contributed by atoms with van der Waals surface area (Å²) >= 11 is 6.63. The van der Waals surface area contributed by atoms with Crippen LogP contribution in [0.5, 0.6) is 0 Å². The number of carbonyl (C=O) groups is 1. The number of rotatable bonds is 7. The highest BCUT2D eigenvalue weighted by Gasteiger charge is 2.25. The second-order valence-corrected chi connectivity index (χ2v) is 9.69. The molecule has 0 spiro atoms. The van der Waals surface area contributed by atoms with E-state index in [1.54, 1.807) is 18.2 Å². The Morgan fingerprint density at radius 3 is 2.35 bits per heavy atom. The lowest BCUT2D eigenvalue weighted by Crippen LogP contribution is -2.56. The van der Waals surface area contributed by atoms with Crippen LogP contribution in [-0.2, 0) is 14.8 Å². The van der Waals surface area contributed by atoms with E-state index in [1.165, 1.54) is 23.9 Å². The lowest BCUT2D eigenvalue weighted by atomic mass is 10.1. The maximum Gasteiger partial charge on any atom is 0.256 e. The van der Waals surface area contributed by atoms with Crippen LogP contribution in [0.15, 0.2) is 35.2 Å². The van der Waals surface area contributed by atoms with E-state index in [0.29, 0.717) is 12.2 Å². The Morgan fingerprint density at radius 1 is 1.19 bits per heavy atom. The summed E-state index contributed by atoms with van der Waals surface area (Å²) in [6.45, 7) is 5.79. The largest absolute Gasteiger partial charge is 0.357 e. The molecule has 0 bridgehead atoms. The predicted molar refractivity (Wildman–Crippen MR) is 110 cm³/mol. The number of amides is 1. The van der Waals surface area contributed by atoms with Crippen molar-refractivity contribution in [1.82, 2.24) is 20.9 Å². The first-order chi connectivity index (χ1) is 12.0. The molecule has 26 heavy (non-hydrogen) atoms. The average molecular weight is 419 g/mol. The van der Waals surface area contributed by atoms with Crippen LogP contribution in [-0.4, -0.2) is 43.0 Å². The number of benzene rings is 1. The Labute approximate surface area is 165 Å². The van der Waals surface area contributed by atoms with E-state index in [2.05, 4.69) is 20.9 Å². The SMILES string of the molecule is CSCC[C@@H](NS(=O)(=O)c1ccccc1)C(=O)NNC(=S)NC(C)(C)C. The van der Waals surface area contributed by atoms with Gasteiger partial charge in [-0.05, 0) is 63.6 Å².